The number of ether oxygens (including phenoxy) is 4. The summed E-state index contributed by atoms with van der Waals surface area (Å²) < 4.78 is 68.6. The van der Waals surface area contributed by atoms with Crippen molar-refractivity contribution in [2.45, 2.75) is 413 Å². The third kappa shape index (κ3) is 72.3. The van der Waals surface area contributed by atoms with Crippen molar-refractivity contribution in [3.63, 3.8) is 0 Å². The molecule has 0 aliphatic heterocycles. The molecule has 0 rings (SSSR count). The van der Waals surface area contributed by atoms with Crippen molar-refractivity contribution in [1.82, 2.24) is 0 Å². The lowest BCUT2D eigenvalue weighted by molar-refractivity contribution is -0.161. The third-order valence-corrected chi connectivity index (χ3v) is 20.3. The Hall–Kier alpha value is -2.46. The van der Waals surface area contributed by atoms with Crippen molar-refractivity contribution in [3.05, 3.63) is 24.3 Å². The molecule has 99 heavy (non-hydrogen) atoms. The zero-order valence-corrected chi connectivity index (χ0v) is 66.1. The van der Waals surface area contributed by atoms with E-state index in [0.717, 1.165) is 121 Å². The molecule has 0 aliphatic carbocycles. The summed E-state index contributed by atoms with van der Waals surface area (Å²) in [5, 5.41) is 10.6. The van der Waals surface area contributed by atoms with Crippen LogP contribution in [0.15, 0.2) is 24.3 Å². The van der Waals surface area contributed by atoms with Crippen LogP contribution >= 0.6 is 15.6 Å². The Morgan fingerprint density at radius 3 is 0.909 bits per heavy atom. The van der Waals surface area contributed by atoms with E-state index in [1.807, 2.05) is 0 Å². The van der Waals surface area contributed by atoms with Crippen LogP contribution in [0.3, 0.4) is 0 Å². The second-order valence-corrected chi connectivity index (χ2v) is 31.7. The van der Waals surface area contributed by atoms with Gasteiger partial charge in [0.2, 0.25) is 0 Å². The summed E-state index contributed by atoms with van der Waals surface area (Å²) in [6, 6.07) is 0. The number of aliphatic hydroxyl groups excluding tert-OH is 1. The first-order chi connectivity index (χ1) is 47.9. The van der Waals surface area contributed by atoms with Crippen molar-refractivity contribution in [2.24, 2.45) is 11.8 Å². The van der Waals surface area contributed by atoms with Crippen LogP contribution < -0.4 is 0 Å². The molecule has 0 fully saturated rings. The molecule has 0 bridgehead atoms. The predicted octanol–water partition coefficient (Wildman–Crippen LogP) is 23.4. The van der Waals surface area contributed by atoms with Gasteiger partial charge in [0, 0.05) is 25.7 Å². The number of phosphoric ester groups is 2. The molecule has 3 unspecified atom stereocenters. The van der Waals surface area contributed by atoms with E-state index in [1.165, 1.54) is 186 Å². The van der Waals surface area contributed by atoms with Crippen molar-refractivity contribution in [2.75, 3.05) is 39.6 Å². The van der Waals surface area contributed by atoms with Crippen molar-refractivity contribution in [1.29, 1.82) is 0 Å². The largest absolute Gasteiger partial charge is 0.472 e. The third-order valence-electron chi connectivity index (χ3n) is 18.4. The number of carbonyl (C=O) groups excluding carboxylic acids is 4. The lowest BCUT2D eigenvalue weighted by atomic mass is 9.99. The van der Waals surface area contributed by atoms with E-state index in [2.05, 4.69) is 65.8 Å². The topological polar surface area (TPSA) is 237 Å². The molecule has 0 amide bonds. The first kappa shape index (κ1) is 96.5. The summed E-state index contributed by atoms with van der Waals surface area (Å²) in [5.41, 5.74) is 0. The average molecular weight is 1450 g/mol. The number of esters is 4. The first-order valence-electron chi connectivity index (χ1n) is 40.8. The van der Waals surface area contributed by atoms with E-state index in [4.69, 9.17) is 37.0 Å². The van der Waals surface area contributed by atoms with Crippen LogP contribution in [0.25, 0.3) is 0 Å². The monoisotopic (exact) mass is 1450 g/mol. The van der Waals surface area contributed by atoms with Gasteiger partial charge in [-0.1, -0.05) is 342 Å². The van der Waals surface area contributed by atoms with E-state index < -0.39 is 97.5 Å². The van der Waals surface area contributed by atoms with Gasteiger partial charge in [0.05, 0.1) is 26.4 Å². The highest BCUT2D eigenvalue weighted by molar-refractivity contribution is 7.47. The van der Waals surface area contributed by atoms with Crippen LogP contribution in [0.5, 0.6) is 0 Å². The molecule has 0 heterocycles. The number of hydrogen-bond donors (Lipinski definition) is 3. The van der Waals surface area contributed by atoms with Gasteiger partial charge in [0.1, 0.15) is 19.3 Å². The Labute approximate surface area is 605 Å². The summed E-state index contributed by atoms with van der Waals surface area (Å²) in [5.74, 6) is -0.675. The number of allylic oxidation sites excluding steroid dienone is 4. The van der Waals surface area contributed by atoms with Crippen LogP contribution in [0.4, 0.5) is 0 Å². The number of aliphatic hydroxyl groups is 1. The Bertz CT molecular complexity index is 2000. The summed E-state index contributed by atoms with van der Waals surface area (Å²) in [6.45, 7) is 9.48. The van der Waals surface area contributed by atoms with Gasteiger partial charge in [0.25, 0.3) is 0 Å². The van der Waals surface area contributed by atoms with Crippen LogP contribution in [-0.2, 0) is 65.4 Å². The molecule has 0 aromatic heterocycles. The fraction of sp³-hybridized carbons (Fsp3) is 0.900. The molecule has 0 aromatic carbocycles. The molecule has 19 heteroatoms. The van der Waals surface area contributed by atoms with Gasteiger partial charge in [-0.15, -0.1) is 0 Å². The highest BCUT2D eigenvalue weighted by Gasteiger charge is 2.30. The fourth-order valence-electron chi connectivity index (χ4n) is 11.8. The van der Waals surface area contributed by atoms with E-state index in [-0.39, 0.29) is 25.7 Å². The molecule has 0 aliphatic rings. The molecule has 0 spiro atoms. The lowest BCUT2D eigenvalue weighted by Crippen LogP contribution is -2.30. The summed E-state index contributed by atoms with van der Waals surface area (Å²) in [6.07, 6.45) is 63.5. The summed E-state index contributed by atoms with van der Waals surface area (Å²) in [4.78, 5) is 72.9. The van der Waals surface area contributed by atoms with Crippen LogP contribution in [0, 0.1) is 11.8 Å². The Balaban J connectivity index is 5.24. The molecule has 584 valence electrons. The maximum Gasteiger partial charge on any atom is 0.472 e. The van der Waals surface area contributed by atoms with Gasteiger partial charge in [-0.2, -0.15) is 0 Å². The quantitative estimate of drug-likeness (QED) is 0.0169. The summed E-state index contributed by atoms with van der Waals surface area (Å²) >= 11 is 0. The van der Waals surface area contributed by atoms with Crippen LogP contribution in [-0.4, -0.2) is 96.7 Å². The molecular formula is C80H152O17P2. The van der Waals surface area contributed by atoms with Crippen molar-refractivity contribution >= 4 is 39.5 Å². The van der Waals surface area contributed by atoms with Crippen LogP contribution in [0.2, 0.25) is 0 Å². The second-order valence-electron chi connectivity index (χ2n) is 28.8. The normalized spacial score (nSPS) is 14.4. The van der Waals surface area contributed by atoms with E-state index in [0.29, 0.717) is 31.6 Å². The highest BCUT2D eigenvalue weighted by atomic mass is 31.2. The van der Waals surface area contributed by atoms with Gasteiger partial charge in [-0.05, 0) is 63.2 Å². The van der Waals surface area contributed by atoms with Gasteiger partial charge >= 0.3 is 39.5 Å². The average Bonchev–Trinajstić information content (AvgIpc) is 1.85. The first-order valence-corrected chi connectivity index (χ1v) is 43.8. The highest BCUT2D eigenvalue weighted by Crippen LogP contribution is 2.45. The molecule has 0 saturated heterocycles. The lowest BCUT2D eigenvalue weighted by Gasteiger charge is -2.21. The van der Waals surface area contributed by atoms with Gasteiger partial charge in [-0.25, -0.2) is 9.13 Å². The second kappa shape index (κ2) is 71.2. The maximum atomic E-state index is 13.1. The smallest absolute Gasteiger partial charge is 0.462 e. The maximum absolute atomic E-state index is 13.1. The Kier molecular flexibility index (Phi) is 69.4. The van der Waals surface area contributed by atoms with Crippen molar-refractivity contribution < 1.29 is 80.2 Å². The van der Waals surface area contributed by atoms with Crippen LogP contribution in [0.1, 0.15) is 395 Å². The minimum Gasteiger partial charge on any atom is -0.462 e. The zero-order chi connectivity index (χ0) is 72.8. The minimum absolute atomic E-state index is 0.102. The van der Waals surface area contributed by atoms with E-state index in [9.17, 15) is 43.2 Å². The van der Waals surface area contributed by atoms with Gasteiger partial charge in [0.15, 0.2) is 12.2 Å². The number of rotatable bonds is 77. The molecule has 17 nitrogen and oxygen atoms in total. The molecular weight excluding hydrogens is 1290 g/mol. The zero-order valence-electron chi connectivity index (χ0n) is 64.3. The molecule has 3 N–H and O–H groups in total. The summed E-state index contributed by atoms with van der Waals surface area (Å²) in [7, 11) is -9.93. The molecule has 6 atom stereocenters. The molecule has 0 radical (unpaired) electrons. The van der Waals surface area contributed by atoms with E-state index >= 15 is 0 Å². The number of hydrogen-bond acceptors (Lipinski definition) is 15. The van der Waals surface area contributed by atoms with E-state index in [1.54, 1.807) is 0 Å². The van der Waals surface area contributed by atoms with Gasteiger partial charge < -0.3 is 33.8 Å². The minimum atomic E-state index is -4.97. The standard InChI is InChI=1S/C80H152O17P2/c1-7-10-12-14-16-18-20-22-24-25-26-27-28-29-30-32-34-36-38-45-52-58-64-79(84)96-75(68-90-77(82)62-56-50-44-37-35-33-31-23-21-19-17-15-13-11-8-2)70-94-98(86,87)92-66-74(81)67-93-99(88,89)95-71-76(69-91-78(83)63-57-51-47-41-42-48-54-60-72(4)5)97-80(85)65-59-53-46-40-39-43-49-55-61-73(6)9-3/h19,21,23,31,72-76,81H,7-18,20,22,24-30,32-71H2,1-6H3,(H,86,87)(H,88,89)/b21-19-,31-23-/t73?,74-,75-,76-/m1/s1. The Morgan fingerprint density at radius 2 is 0.596 bits per heavy atom. The number of phosphoric acid groups is 2. The predicted molar refractivity (Wildman–Crippen MR) is 404 cm³/mol. The van der Waals surface area contributed by atoms with Crippen molar-refractivity contribution in [3.8, 4) is 0 Å². The SMILES string of the molecule is CCCCCC/C=C\C=C/CCCCCCCC(=O)OC[C@H](COP(=O)(O)OC[C@@H](O)COP(=O)(O)OC[C@@H](COC(=O)CCCCCCCCCC(C)C)OC(=O)CCCCCCCCCCC(C)CC)OC(=O)CCCCCCCCCCCCCCCCCCCCCCCC. The number of carbonyl (C=O) groups is 4. The Morgan fingerprint density at radius 1 is 0.333 bits per heavy atom. The van der Waals surface area contributed by atoms with Gasteiger partial charge in [-0.3, -0.25) is 37.3 Å². The molecule has 0 aromatic rings. The number of unbranched alkanes of at least 4 members (excludes halogenated alkanes) is 43. The molecule has 0 saturated carbocycles. The fourth-order valence-corrected chi connectivity index (χ4v) is 13.4.